The molecule has 5 nitrogen and oxygen atoms in total. The Morgan fingerprint density at radius 1 is 1.42 bits per heavy atom. The van der Waals surface area contributed by atoms with Gasteiger partial charge in [-0.25, -0.2) is 0 Å². The van der Waals surface area contributed by atoms with Crippen LogP contribution in [0, 0.1) is 5.92 Å². The van der Waals surface area contributed by atoms with Crippen molar-refractivity contribution in [3.05, 3.63) is 28.9 Å². The molecule has 0 bridgehead atoms. The van der Waals surface area contributed by atoms with Crippen LogP contribution in [0.5, 0.6) is 0 Å². The number of rotatable bonds is 2. The lowest BCUT2D eigenvalue weighted by Gasteiger charge is -2.42. The van der Waals surface area contributed by atoms with Gasteiger partial charge in [0.15, 0.2) is 0 Å². The van der Waals surface area contributed by atoms with Crippen LogP contribution in [0.15, 0.2) is 18.3 Å². The quantitative estimate of drug-likeness (QED) is 0.908. The van der Waals surface area contributed by atoms with Gasteiger partial charge in [-0.05, 0) is 37.8 Å². The molecule has 1 aromatic heterocycles. The first-order valence-electron chi connectivity index (χ1n) is 8.60. The van der Waals surface area contributed by atoms with Crippen molar-refractivity contribution >= 4 is 28.4 Å². The molecule has 1 fully saturated rings. The highest BCUT2D eigenvalue weighted by Crippen LogP contribution is 2.51. The number of benzene rings is 1. The van der Waals surface area contributed by atoms with Gasteiger partial charge in [0.2, 0.25) is 5.91 Å². The fraction of sp³-hybridized carbons (Fsp3) is 0.556. The molecule has 2 atom stereocenters. The van der Waals surface area contributed by atoms with Crippen LogP contribution in [0.25, 0.3) is 10.9 Å². The van der Waals surface area contributed by atoms with E-state index in [1.807, 2.05) is 34.8 Å². The Morgan fingerprint density at radius 2 is 2.12 bits per heavy atom. The lowest BCUT2D eigenvalue weighted by molar-refractivity contribution is -0.133. The SMILES string of the molecule is CCC(=O)N1CCC(C2(C)[C@@H](O)c3cc(Cl)cc4cnn2c34)CC1. The number of carbonyl (C=O) groups is 1. The summed E-state index contributed by atoms with van der Waals surface area (Å²) in [5.41, 5.74) is 1.36. The molecule has 2 aliphatic rings. The molecule has 2 aromatic rings. The maximum Gasteiger partial charge on any atom is 0.222 e. The first kappa shape index (κ1) is 15.9. The topological polar surface area (TPSA) is 58.4 Å². The number of nitrogens with zero attached hydrogens (tertiary/aromatic N) is 3. The molecule has 0 aliphatic carbocycles. The molecule has 6 heteroatoms. The van der Waals surface area contributed by atoms with Gasteiger partial charge in [-0.1, -0.05) is 18.5 Å². The van der Waals surface area contributed by atoms with E-state index in [0.717, 1.165) is 42.4 Å². The molecule has 2 aliphatic heterocycles. The number of piperidine rings is 1. The Labute approximate surface area is 146 Å². The summed E-state index contributed by atoms with van der Waals surface area (Å²) in [5, 5.41) is 17.2. The third kappa shape index (κ3) is 2.04. The maximum atomic E-state index is 11.9. The molecule has 128 valence electrons. The normalized spacial score (nSPS) is 27.2. The third-order valence-electron chi connectivity index (χ3n) is 5.94. The molecule has 4 rings (SSSR count). The molecule has 3 heterocycles. The van der Waals surface area contributed by atoms with E-state index in [9.17, 15) is 9.90 Å². The predicted octanol–water partition coefficient (Wildman–Crippen LogP) is 3.10. The predicted molar refractivity (Wildman–Crippen MR) is 92.9 cm³/mol. The van der Waals surface area contributed by atoms with Crippen LogP contribution >= 0.6 is 11.6 Å². The Bertz CT molecular complexity index is 810. The lowest BCUT2D eigenvalue weighted by Crippen LogP contribution is -2.48. The van der Waals surface area contributed by atoms with Gasteiger partial charge in [0.05, 0.1) is 17.3 Å². The van der Waals surface area contributed by atoms with Crippen LogP contribution in [0.1, 0.15) is 44.8 Å². The Morgan fingerprint density at radius 3 is 2.79 bits per heavy atom. The van der Waals surface area contributed by atoms with Gasteiger partial charge in [0.25, 0.3) is 0 Å². The summed E-state index contributed by atoms with van der Waals surface area (Å²) < 4.78 is 1.99. The number of likely N-dealkylation sites (tertiary alicyclic amines) is 1. The molecular formula is C18H22ClN3O2. The van der Waals surface area contributed by atoms with E-state index in [-0.39, 0.29) is 11.8 Å². The molecule has 1 saturated heterocycles. The fourth-order valence-corrected chi connectivity index (χ4v) is 4.74. The Kier molecular flexibility index (Phi) is 3.62. The molecule has 24 heavy (non-hydrogen) atoms. The summed E-state index contributed by atoms with van der Waals surface area (Å²) in [7, 11) is 0. The first-order chi connectivity index (χ1) is 11.5. The van der Waals surface area contributed by atoms with Gasteiger partial charge in [-0.2, -0.15) is 5.10 Å². The van der Waals surface area contributed by atoms with Crippen molar-refractivity contribution in [3.63, 3.8) is 0 Å². The summed E-state index contributed by atoms with van der Waals surface area (Å²) in [4.78, 5) is 13.8. The zero-order chi connectivity index (χ0) is 17.1. The summed E-state index contributed by atoms with van der Waals surface area (Å²) in [5.74, 6) is 0.477. The standard InChI is InChI=1S/C18H22ClN3O2/c1-3-15(23)21-6-4-12(5-7-21)18(2)17(24)14-9-13(19)8-11-10-20-22(18)16(11)14/h8-10,12,17,24H,3-7H2,1-2H3/t17-,18?/m0/s1. The van der Waals surface area contributed by atoms with E-state index in [2.05, 4.69) is 12.0 Å². The van der Waals surface area contributed by atoms with Crippen LogP contribution in [0.4, 0.5) is 0 Å². The molecule has 0 spiro atoms. The molecule has 1 amide bonds. The second kappa shape index (κ2) is 5.46. The number of halogens is 1. The van der Waals surface area contributed by atoms with Gasteiger partial charge >= 0.3 is 0 Å². The van der Waals surface area contributed by atoms with Gasteiger partial charge in [0.1, 0.15) is 6.10 Å². The van der Waals surface area contributed by atoms with E-state index in [4.69, 9.17) is 11.6 Å². The van der Waals surface area contributed by atoms with Crippen LogP contribution in [0.2, 0.25) is 5.02 Å². The minimum absolute atomic E-state index is 0.210. The zero-order valence-electron chi connectivity index (χ0n) is 14.0. The Balaban J connectivity index is 1.68. The highest BCUT2D eigenvalue weighted by atomic mass is 35.5. The molecule has 1 aromatic carbocycles. The molecule has 1 unspecified atom stereocenters. The number of amides is 1. The van der Waals surface area contributed by atoms with E-state index in [0.29, 0.717) is 11.4 Å². The van der Waals surface area contributed by atoms with Crippen molar-refractivity contribution < 1.29 is 9.90 Å². The van der Waals surface area contributed by atoms with Gasteiger partial charge in [0, 0.05) is 35.5 Å². The van der Waals surface area contributed by atoms with Crippen molar-refractivity contribution in [2.24, 2.45) is 5.92 Å². The number of carbonyl (C=O) groups excluding carboxylic acids is 1. The van der Waals surface area contributed by atoms with E-state index < -0.39 is 11.6 Å². The lowest BCUT2D eigenvalue weighted by atomic mass is 9.75. The number of aromatic nitrogens is 2. The van der Waals surface area contributed by atoms with Crippen LogP contribution < -0.4 is 0 Å². The highest BCUT2D eigenvalue weighted by Gasteiger charge is 2.50. The average Bonchev–Trinajstić information content (AvgIpc) is 3.11. The van der Waals surface area contributed by atoms with Crippen molar-refractivity contribution in [1.29, 1.82) is 0 Å². The minimum atomic E-state index is -0.624. The second-order valence-electron chi connectivity index (χ2n) is 7.13. The number of hydrogen-bond acceptors (Lipinski definition) is 3. The molecular weight excluding hydrogens is 326 g/mol. The monoisotopic (exact) mass is 347 g/mol. The van der Waals surface area contributed by atoms with Crippen molar-refractivity contribution in [3.8, 4) is 0 Å². The average molecular weight is 348 g/mol. The molecule has 0 radical (unpaired) electrons. The number of aliphatic hydroxyl groups is 1. The number of aliphatic hydroxyl groups excluding tert-OH is 1. The fourth-order valence-electron chi connectivity index (χ4n) is 4.50. The van der Waals surface area contributed by atoms with Gasteiger partial charge in [-0.15, -0.1) is 0 Å². The van der Waals surface area contributed by atoms with Crippen LogP contribution in [-0.2, 0) is 10.3 Å². The van der Waals surface area contributed by atoms with Crippen LogP contribution in [-0.4, -0.2) is 38.8 Å². The Hall–Kier alpha value is -1.59. The van der Waals surface area contributed by atoms with Gasteiger partial charge in [-0.3, -0.25) is 9.48 Å². The van der Waals surface area contributed by atoms with Crippen LogP contribution in [0.3, 0.4) is 0 Å². The second-order valence-corrected chi connectivity index (χ2v) is 7.56. The van der Waals surface area contributed by atoms with Crippen molar-refractivity contribution in [2.75, 3.05) is 13.1 Å². The van der Waals surface area contributed by atoms with Gasteiger partial charge < -0.3 is 10.0 Å². The van der Waals surface area contributed by atoms with E-state index >= 15 is 0 Å². The summed E-state index contributed by atoms with van der Waals surface area (Å²) >= 11 is 6.20. The summed E-state index contributed by atoms with van der Waals surface area (Å²) in [6.07, 6.45) is 3.50. The third-order valence-corrected chi connectivity index (χ3v) is 6.16. The van der Waals surface area contributed by atoms with Crippen molar-refractivity contribution in [2.45, 2.75) is 44.8 Å². The minimum Gasteiger partial charge on any atom is -0.386 e. The summed E-state index contributed by atoms with van der Waals surface area (Å²) in [6.45, 7) is 5.49. The number of hydrogen-bond donors (Lipinski definition) is 1. The van der Waals surface area contributed by atoms with E-state index in [1.54, 1.807) is 0 Å². The first-order valence-corrected chi connectivity index (χ1v) is 8.98. The molecule has 1 N–H and O–H groups in total. The largest absolute Gasteiger partial charge is 0.386 e. The molecule has 0 saturated carbocycles. The summed E-state index contributed by atoms with van der Waals surface area (Å²) in [6, 6.07) is 3.75. The maximum absolute atomic E-state index is 11.9. The van der Waals surface area contributed by atoms with E-state index in [1.165, 1.54) is 0 Å². The zero-order valence-corrected chi connectivity index (χ0v) is 14.8. The smallest absolute Gasteiger partial charge is 0.222 e. The van der Waals surface area contributed by atoms with Crippen molar-refractivity contribution in [1.82, 2.24) is 14.7 Å². The highest BCUT2D eigenvalue weighted by molar-refractivity contribution is 6.31.